The fourth-order valence-corrected chi connectivity index (χ4v) is 2.04. The first-order chi connectivity index (χ1) is 6.74. The Morgan fingerprint density at radius 2 is 2.36 bits per heavy atom. The van der Waals surface area contributed by atoms with E-state index in [1.54, 1.807) is 11.8 Å². The van der Waals surface area contributed by atoms with Gasteiger partial charge in [-0.05, 0) is 18.6 Å². The van der Waals surface area contributed by atoms with Crippen LogP contribution in [0.5, 0.6) is 0 Å². The van der Waals surface area contributed by atoms with Crippen LogP contribution in [-0.4, -0.2) is 21.9 Å². The van der Waals surface area contributed by atoms with Crippen LogP contribution in [0.4, 0.5) is 5.82 Å². The normalized spacial score (nSPS) is 20.7. The number of anilines is 1. The predicted molar refractivity (Wildman–Crippen MR) is 62.0 cm³/mol. The molecule has 0 spiro atoms. The van der Waals surface area contributed by atoms with Crippen LogP contribution >= 0.6 is 11.8 Å². The largest absolute Gasteiger partial charge is 0.320 e. The molecule has 3 nitrogen and oxygen atoms in total. The monoisotopic (exact) mass is 207 g/mol. The SMILES string of the molecule is Cc1ccc(NC2=NCC(C)S2)nc1. The summed E-state index contributed by atoms with van der Waals surface area (Å²) >= 11 is 1.76. The molecule has 0 amide bonds. The van der Waals surface area contributed by atoms with Gasteiger partial charge in [0.05, 0.1) is 6.54 Å². The van der Waals surface area contributed by atoms with Crippen LogP contribution in [0.15, 0.2) is 23.3 Å². The van der Waals surface area contributed by atoms with Gasteiger partial charge in [0.2, 0.25) is 0 Å². The van der Waals surface area contributed by atoms with Gasteiger partial charge in [-0.2, -0.15) is 0 Å². The van der Waals surface area contributed by atoms with E-state index < -0.39 is 0 Å². The highest BCUT2D eigenvalue weighted by molar-refractivity contribution is 8.15. The summed E-state index contributed by atoms with van der Waals surface area (Å²) in [5.74, 6) is 0.871. The molecule has 1 N–H and O–H groups in total. The van der Waals surface area contributed by atoms with Crippen molar-refractivity contribution < 1.29 is 0 Å². The molecule has 0 aromatic carbocycles. The molecule has 1 atom stereocenters. The molecule has 1 aromatic rings. The fraction of sp³-hybridized carbons (Fsp3) is 0.400. The Morgan fingerprint density at radius 1 is 1.50 bits per heavy atom. The van der Waals surface area contributed by atoms with E-state index >= 15 is 0 Å². The summed E-state index contributed by atoms with van der Waals surface area (Å²) in [7, 11) is 0. The minimum Gasteiger partial charge on any atom is -0.320 e. The lowest BCUT2D eigenvalue weighted by molar-refractivity contribution is 0.976. The van der Waals surface area contributed by atoms with Crippen LogP contribution in [0.1, 0.15) is 12.5 Å². The van der Waals surface area contributed by atoms with Gasteiger partial charge in [-0.1, -0.05) is 24.8 Å². The maximum Gasteiger partial charge on any atom is 0.162 e. The number of rotatable bonds is 1. The maximum atomic E-state index is 4.36. The number of nitrogens with one attached hydrogen (secondary N) is 1. The van der Waals surface area contributed by atoms with E-state index in [2.05, 4.69) is 22.2 Å². The minimum atomic E-state index is 0.586. The molecule has 1 aliphatic rings. The first kappa shape index (κ1) is 9.52. The zero-order valence-electron chi connectivity index (χ0n) is 8.32. The summed E-state index contributed by atoms with van der Waals surface area (Å²) in [4.78, 5) is 8.62. The predicted octanol–water partition coefficient (Wildman–Crippen LogP) is 2.29. The van der Waals surface area contributed by atoms with E-state index in [-0.39, 0.29) is 0 Å². The van der Waals surface area contributed by atoms with Gasteiger partial charge in [-0.3, -0.25) is 4.99 Å². The molecule has 74 valence electrons. The van der Waals surface area contributed by atoms with Crippen molar-refractivity contribution in [2.24, 2.45) is 4.99 Å². The zero-order chi connectivity index (χ0) is 9.97. The lowest BCUT2D eigenvalue weighted by Crippen LogP contribution is -2.07. The number of aromatic nitrogens is 1. The molecule has 0 aliphatic carbocycles. The number of amidine groups is 1. The van der Waals surface area contributed by atoms with Crippen molar-refractivity contribution >= 4 is 22.7 Å². The van der Waals surface area contributed by atoms with E-state index in [9.17, 15) is 0 Å². The van der Waals surface area contributed by atoms with Crippen molar-refractivity contribution in [1.82, 2.24) is 4.98 Å². The summed E-state index contributed by atoms with van der Waals surface area (Å²) in [6.45, 7) is 5.10. The smallest absolute Gasteiger partial charge is 0.162 e. The number of thioether (sulfide) groups is 1. The van der Waals surface area contributed by atoms with Gasteiger partial charge in [0, 0.05) is 11.4 Å². The Kier molecular flexibility index (Phi) is 2.72. The Balaban J connectivity index is 2.01. The van der Waals surface area contributed by atoms with Gasteiger partial charge in [0.25, 0.3) is 0 Å². The molecular weight excluding hydrogens is 194 g/mol. The van der Waals surface area contributed by atoms with E-state index in [0.717, 1.165) is 17.5 Å². The number of hydrogen-bond acceptors (Lipinski definition) is 4. The van der Waals surface area contributed by atoms with Crippen LogP contribution < -0.4 is 5.32 Å². The van der Waals surface area contributed by atoms with Gasteiger partial charge in [-0.25, -0.2) is 4.98 Å². The van der Waals surface area contributed by atoms with Crippen LogP contribution in [0, 0.1) is 6.92 Å². The van der Waals surface area contributed by atoms with Crippen molar-refractivity contribution in [3.8, 4) is 0 Å². The van der Waals surface area contributed by atoms with E-state index in [0.29, 0.717) is 5.25 Å². The van der Waals surface area contributed by atoms with E-state index in [1.807, 2.05) is 25.3 Å². The number of nitrogens with zero attached hydrogens (tertiary/aromatic N) is 2. The summed E-state index contributed by atoms with van der Waals surface area (Å²) in [6.07, 6.45) is 1.85. The molecule has 1 aliphatic heterocycles. The van der Waals surface area contributed by atoms with Crippen molar-refractivity contribution in [3.63, 3.8) is 0 Å². The Bertz CT molecular complexity index is 345. The van der Waals surface area contributed by atoms with E-state index in [4.69, 9.17) is 0 Å². The number of aryl methyl sites for hydroxylation is 1. The summed E-state index contributed by atoms with van der Waals surface area (Å²) in [5.41, 5.74) is 1.17. The Morgan fingerprint density at radius 3 is 2.93 bits per heavy atom. The highest BCUT2D eigenvalue weighted by atomic mass is 32.2. The van der Waals surface area contributed by atoms with Crippen LogP contribution in [0.3, 0.4) is 0 Å². The molecule has 0 bridgehead atoms. The standard InChI is InChI=1S/C10H13N3S/c1-7-3-4-9(11-5-7)13-10-12-6-8(2)14-10/h3-5,8H,6H2,1-2H3,(H,11,12,13). The molecular formula is C10H13N3S. The second-order valence-electron chi connectivity index (χ2n) is 3.42. The van der Waals surface area contributed by atoms with Gasteiger partial charge in [0.15, 0.2) is 5.17 Å². The molecule has 2 heterocycles. The van der Waals surface area contributed by atoms with Gasteiger partial charge in [0.1, 0.15) is 5.82 Å². The van der Waals surface area contributed by atoms with E-state index in [1.165, 1.54) is 5.56 Å². The molecule has 1 unspecified atom stereocenters. The fourth-order valence-electron chi connectivity index (χ4n) is 1.20. The quantitative estimate of drug-likeness (QED) is 0.767. The van der Waals surface area contributed by atoms with Gasteiger partial charge < -0.3 is 5.32 Å². The average Bonchev–Trinajstić information content (AvgIpc) is 2.56. The summed E-state index contributed by atoms with van der Waals surface area (Å²) < 4.78 is 0. The Labute approximate surface area is 88.0 Å². The van der Waals surface area contributed by atoms with Gasteiger partial charge in [-0.15, -0.1) is 0 Å². The average molecular weight is 207 g/mol. The second-order valence-corrected chi connectivity index (χ2v) is 4.85. The topological polar surface area (TPSA) is 37.3 Å². The van der Waals surface area contributed by atoms with Crippen molar-refractivity contribution in [1.29, 1.82) is 0 Å². The lowest BCUT2D eigenvalue weighted by atomic mass is 10.3. The summed E-state index contributed by atoms with van der Waals surface area (Å²) in [5, 5.41) is 4.77. The first-order valence-corrected chi connectivity index (χ1v) is 5.53. The number of aliphatic imine (C=N–C) groups is 1. The third kappa shape index (κ3) is 2.26. The molecule has 0 radical (unpaired) electrons. The van der Waals surface area contributed by atoms with Crippen molar-refractivity contribution in [3.05, 3.63) is 23.9 Å². The van der Waals surface area contributed by atoms with Crippen molar-refractivity contribution in [2.45, 2.75) is 19.1 Å². The lowest BCUT2D eigenvalue weighted by Gasteiger charge is -2.04. The second kappa shape index (κ2) is 4.00. The zero-order valence-corrected chi connectivity index (χ0v) is 9.14. The van der Waals surface area contributed by atoms with Crippen molar-refractivity contribution in [2.75, 3.05) is 11.9 Å². The Hall–Kier alpha value is -1.03. The third-order valence-electron chi connectivity index (χ3n) is 1.95. The minimum absolute atomic E-state index is 0.586. The molecule has 14 heavy (non-hydrogen) atoms. The molecule has 2 rings (SSSR count). The van der Waals surface area contributed by atoms with Crippen LogP contribution in [-0.2, 0) is 0 Å². The number of pyridine rings is 1. The third-order valence-corrected chi connectivity index (χ3v) is 2.96. The number of hydrogen-bond donors (Lipinski definition) is 1. The highest BCUT2D eigenvalue weighted by Crippen LogP contribution is 2.21. The maximum absolute atomic E-state index is 4.36. The molecule has 0 saturated heterocycles. The molecule has 1 aromatic heterocycles. The highest BCUT2D eigenvalue weighted by Gasteiger charge is 2.14. The van der Waals surface area contributed by atoms with Crippen LogP contribution in [0.25, 0.3) is 0 Å². The first-order valence-electron chi connectivity index (χ1n) is 4.65. The molecule has 0 saturated carbocycles. The van der Waals surface area contributed by atoms with Crippen LogP contribution in [0.2, 0.25) is 0 Å². The van der Waals surface area contributed by atoms with Gasteiger partial charge >= 0.3 is 0 Å². The summed E-state index contributed by atoms with van der Waals surface area (Å²) in [6, 6.07) is 4.01. The molecule has 4 heteroatoms. The molecule has 0 fully saturated rings.